The number of halogens is 1. The zero-order valence-electron chi connectivity index (χ0n) is 11.5. The van der Waals surface area contributed by atoms with Crippen molar-refractivity contribution < 1.29 is 9.53 Å². The quantitative estimate of drug-likeness (QED) is 0.723. The van der Waals surface area contributed by atoms with Gasteiger partial charge in [0.1, 0.15) is 5.92 Å². The summed E-state index contributed by atoms with van der Waals surface area (Å²) in [4.78, 5) is 15.5. The van der Waals surface area contributed by atoms with E-state index in [9.17, 15) is 4.79 Å². The minimum atomic E-state index is -0.449. The normalized spacial score (nSPS) is 12.3. The van der Waals surface area contributed by atoms with E-state index in [2.05, 4.69) is 20.9 Å². The zero-order chi connectivity index (χ0) is 14.8. The predicted molar refractivity (Wildman–Crippen MR) is 86.3 cm³/mol. The molecule has 0 spiro atoms. The Morgan fingerprint density at radius 2 is 1.86 bits per heavy atom. The summed E-state index contributed by atoms with van der Waals surface area (Å²) in [5.74, 6) is -0.723. The van der Waals surface area contributed by atoms with Gasteiger partial charge in [0.2, 0.25) is 0 Å². The largest absolute Gasteiger partial charge is 0.468 e. The van der Waals surface area contributed by atoms with E-state index in [0.717, 1.165) is 26.6 Å². The van der Waals surface area contributed by atoms with E-state index in [1.54, 1.807) is 0 Å². The third-order valence-electron chi connectivity index (χ3n) is 3.50. The molecular formula is C17H14BrNO2. The second-order valence-electron chi connectivity index (χ2n) is 4.82. The molecular weight excluding hydrogens is 330 g/mol. The lowest BCUT2D eigenvalue weighted by atomic mass is 9.96. The van der Waals surface area contributed by atoms with Gasteiger partial charge in [-0.25, -0.2) is 0 Å². The van der Waals surface area contributed by atoms with Crippen molar-refractivity contribution in [3.8, 4) is 0 Å². The summed E-state index contributed by atoms with van der Waals surface area (Å²) in [6, 6.07) is 17.7. The molecule has 106 valence electrons. The molecule has 4 heteroatoms. The number of para-hydroxylation sites is 1. The fraction of sp³-hybridized carbons (Fsp3) is 0.118. The topological polar surface area (TPSA) is 42.1 Å². The molecule has 21 heavy (non-hydrogen) atoms. The summed E-state index contributed by atoms with van der Waals surface area (Å²) in [6.45, 7) is 0. The highest BCUT2D eigenvalue weighted by Gasteiger charge is 2.25. The summed E-state index contributed by atoms with van der Waals surface area (Å²) in [5, 5.41) is 1.08. The second-order valence-corrected chi connectivity index (χ2v) is 5.74. The van der Waals surface area contributed by atoms with Crippen LogP contribution in [0.3, 0.4) is 0 Å². The number of hydrogen-bond donors (Lipinski definition) is 1. The van der Waals surface area contributed by atoms with Crippen LogP contribution in [0.15, 0.2) is 59.1 Å². The fourth-order valence-electron chi connectivity index (χ4n) is 2.47. The average molecular weight is 344 g/mol. The number of aromatic nitrogens is 1. The van der Waals surface area contributed by atoms with Crippen LogP contribution in [0.1, 0.15) is 17.2 Å². The third kappa shape index (κ3) is 2.72. The minimum Gasteiger partial charge on any atom is -0.468 e. The van der Waals surface area contributed by atoms with Gasteiger partial charge in [0.05, 0.1) is 7.11 Å². The fourth-order valence-corrected chi connectivity index (χ4v) is 2.73. The lowest BCUT2D eigenvalue weighted by Gasteiger charge is -2.13. The van der Waals surface area contributed by atoms with Crippen molar-refractivity contribution in [2.24, 2.45) is 0 Å². The van der Waals surface area contributed by atoms with E-state index in [1.165, 1.54) is 7.11 Å². The third-order valence-corrected chi connectivity index (χ3v) is 4.03. The van der Waals surface area contributed by atoms with Crippen molar-refractivity contribution >= 4 is 32.8 Å². The number of nitrogens with one attached hydrogen (secondary N) is 1. The van der Waals surface area contributed by atoms with Crippen LogP contribution in [0.5, 0.6) is 0 Å². The molecule has 2 aromatic carbocycles. The molecule has 3 aromatic rings. The van der Waals surface area contributed by atoms with Gasteiger partial charge in [-0.2, -0.15) is 0 Å². The molecule has 0 radical (unpaired) electrons. The Morgan fingerprint density at radius 1 is 1.14 bits per heavy atom. The van der Waals surface area contributed by atoms with Crippen LogP contribution in [-0.2, 0) is 9.53 Å². The highest BCUT2D eigenvalue weighted by molar-refractivity contribution is 9.10. The molecule has 0 aliphatic heterocycles. The van der Waals surface area contributed by atoms with Gasteiger partial charge in [0, 0.05) is 15.7 Å². The van der Waals surface area contributed by atoms with Crippen LogP contribution in [0.25, 0.3) is 10.9 Å². The van der Waals surface area contributed by atoms with Gasteiger partial charge in [-0.05, 0) is 35.2 Å². The summed E-state index contributed by atoms with van der Waals surface area (Å²) in [5.41, 5.74) is 2.75. The van der Waals surface area contributed by atoms with E-state index in [-0.39, 0.29) is 5.97 Å². The average Bonchev–Trinajstić information content (AvgIpc) is 2.92. The number of ether oxygens (including phenoxy) is 1. The van der Waals surface area contributed by atoms with Gasteiger partial charge in [0.25, 0.3) is 0 Å². The summed E-state index contributed by atoms with van der Waals surface area (Å²) in [7, 11) is 1.41. The monoisotopic (exact) mass is 343 g/mol. The predicted octanol–water partition coefficient (Wildman–Crippen LogP) is 4.24. The maximum absolute atomic E-state index is 12.2. The van der Waals surface area contributed by atoms with E-state index in [0.29, 0.717) is 0 Å². The van der Waals surface area contributed by atoms with E-state index >= 15 is 0 Å². The standard InChI is InChI=1S/C17H14BrNO2/c1-21-17(20)16(11-6-8-13(18)9-7-11)15-10-12-4-2-3-5-14(12)19-15/h2-10,16,19H,1H3. The molecule has 0 aliphatic rings. The van der Waals surface area contributed by atoms with Crippen molar-refractivity contribution in [2.45, 2.75) is 5.92 Å². The Morgan fingerprint density at radius 3 is 2.52 bits per heavy atom. The number of carbonyl (C=O) groups excluding carboxylic acids is 1. The van der Waals surface area contributed by atoms with Crippen molar-refractivity contribution in [1.82, 2.24) is 4.98 Å². The Balaban J connectivity index is 2.10. The number of hydrogen-bond acceptors (Lipinski definition) is 2. The molecule has 0 amide bonds. The molecule has 1 aromatic heterocycles. The van der Waals surface area contributed by atoms with Gasteiger partial charge in [-0.1, -0.05) is 46.3 Å². The molecule has 0 saturated carbocycles. The lowest BCUT2D eigenvalue weighted by molar-refractivity contribution is -0.141. The Hall–Kier alpha value is -2.07. The van der Waals surface area contributed by atoms with Crippen LogP contribution in [0.2, 0.25) is 0 Å². The number of fused-ring (bicyclic) bond motifs is 1. The number of benzene rings is 2. The first-order chi connectivity index (χ1) is 10.2. The zero-order valence-corrected chi connectivity index (χ0v) is 13.1. The van der Waals surface area contributed by atoms with E-state index in [4.69, 9.17) is 4.74 Å². The molecule has 0 aliphatic carbocycles. The van der Waals surface area contributed by atoms with E-state index < -0.39 is 5.92 Å². The van der Waals surface area contributed by atoms with Crippen LogP contribution in [0.4, 0.5) is 0 Å². The van der Waals surface area contributed by atoms with E-state index in [1.807, 2.05) is 54.6 Å². The number of methoxy groups -OCH3 is 1. The first-order valence-electron chi connectivity index (χ1n) is 6.60. The molecule has 0 bridgehead atoms. The smallest absolute Gasteiger partial charge is 0.319 e. The Kier molecular flexibility index (Phi) is 3.80. The van der Waals surface area contributed by atoms with Gasteiger partial charge in [-0.3, -0.25) is 4.79 Å². The van der Waals surface area contributed by atoms with Gasteiger partial charge in [-0.15, -0.1) is 0 Å². The maximum atomic E-state index is 12.2. The number of rotatable bonds is 3. The Labute approximate surface area is 131 Å². The van der Waals surface area contributed by atoms with Crippen LogP contribution in [0, 0.1) is 0 Å². The van der Waals surface area contributed by atoms with Crippen molar-refractivity contribution in [1.29, 1.82) is 0 Å². The molecule has 1 unspecified atom stereocenters. The number of H-pyrrole nitrogens is 1. The highest BCUT2D eigenvalue weighted by Crippen LogP contribution is 2.29. The van der Waals surface area contributed by atoms with Gasteiger partial charge >= 0.3 is 5.97 Å². The van der Waals surface area contributed by atoms with Crippen LogP contribution >= 0.6 is 15.9 Å². The SMILES string of the molecule is COC(=O)C(c1ccc(Br)cc1)c1cc2ccccc2[nH]1. The van der Waals surface area contributed by atoms with Gasteiger partial charge < -0.3 is 9.72 Å². The summed E-state index contributed by atoms with van der Waals surface area (Å²) >= 11 is 3.41. The van der Waals surface area contributed by atoms with Crippen molar-refractivity contribution in [3.05, 3.63) is 70.3 Å². The first kappa shape index (κ1) is 13.9. The second kappa shape index (κ2) is 5.74. The maximum Gasteiger partial charge on any atom is 0.319 e. The van der Waals surface area contributed by atoms with Crippen molar-refractivity contribution in [2.75, 3.05) is 7.11 Å². The number of esters is 1. The summed E-state index contributed by atoms with van der Waals surface area (Å²) in [6.07, 6.45) is 0. The van der Waals surface area contributed by atoms with Crippen LogP contribution < -0.4 is 0 Å². The van der Waals surface area contributed by atoms with Crippen molar-refractivity contribution in [3.63, 3.8) is 0 Å². The Bertz CT molecular complexity index is 744. The number of aromatic amines is 1. The molecule has 1 N–H and O–H groups in total. The summed E-state index contributed by atoms with van der Waals surface area (Å²) < 4.78 is 5.96. The molecule has 1 heterocycles. The highest BCUT2D eigenvalue weighted by atomic mass is 79.9. The molecule has 0 saturated heterocycles. The van der Waals surface area contributed by atoms with Gasteiger partial charge in [0.15, 0.2) is 0 Å². The minimum absolute atomic E-state index is 0.274. The molecule has 3 rings (SSSR count). The number of carbonyl (C=O) groups is 1. The lowest BCUT2D eigenvalue weighted by Crippen LogP contribution is -2.16. The first-order valence-corrected chi connectivity index (χ1v) is 7.39. The molecule has 1 atom stereocenters. The van der Waals surface area contributed by atoms with Crippen LogP contribution in [-0.4, -0.2) is 18.1 Å². The molecule has 3 nitrogen and oxygen atoms in total. The molecule has 0 fully saturated rings.